The number of alkyl halides is 3. The number of rotatable bonds is 3. The molecular weight excluding hydrogens is 297 g/mol. The lowest BCUT2D eigenvalue weighted by atomic mass is 9.79. The Morgan fingerprint density at radius 1 is 1.36 bits per heavy atom. The van der Waals surface area contributed by atoms with Crippen LogP contribution in [0.5, 0.6) is 0 Å². The van der Waals surface area contributed by atoms with E-state index in [1.807, 2.05) is 0 Å². The normalized spacial score (nSPS) is 18.0. The first-order valence-electron chi connectivity index (χ1n) is 7.06. The zero-order chi connectivity index (χ0) is 16.4. The molecule has 4 nitrogen and oxygen atoms in total. The Kier molecular flexibility index (Phi) is 4.77. The second kappa shape index (κ2) is 6.26. The van der Waals surface area contributed by atoms with Crippen LogP contribution in [0.2, 0.25) is 0 Å². The average Bonchev–Trinajstić information content (AvgIpc) is 2.49. The number of nitrogens with one attached hydrogen (secondary N) is 1. The van der Waals surface area contributed by atoms with E-state index >= 15 is 0 Å². The molecule has 1 fully saturated rings. The van der Waals surface area contributed by atoms with E-state index in [2.05, 4.69) is 5.32 Å². The van der Waals surface area contributed by atoms with Gasteiger partial charge in [-0.25, -0.2) is 0 Å². The lowest BCUT2D eigenvalue weighted by Gasteiger charge is -2.34. The van der Waals surface area contributed by atoms with Crippen LogP contribution in [-0.4, -0.2) is 25.7 Å². The molecule has 1 aliphatic rings. The Morgan fingerprint density at radius 2 is 2.00 bits per heavy atom. The third-order valence-electron chi connectivity index (χ3n) is 4.14. The molecule has 1 aliphatic heterocycles. The van der Waals surface area contributed by atoms with E-state index in [4.69, 9.17) is 10.5 Å². The van der Waals surface area contributed by atoms with Gasteiger partial charge in [0.15, 0.2) is 0 Å². The van der Waals surface area contributed by atoms with Crippen LogP contribution in [0.25, 0.3) is 0 Å². The van der Waals surface area contributed by atoms with Crippen molar-refractivity contribution in [3.8, 4) is 0 Å². The van der Waals surface area contributed by atoms with Gasteiger partial charge in [-0.05, 0) is 37.5 Å². The fourth-order valence-corrected chi connectivity index (χ4v) is 2.47. The molecule has 0 unspecified atom stereocenters. The van der Waals surface area contributed by atoms with Gasteiger partial charge in [-0.2, -0.15) is 13.2 Å². The molecule has 1 heterocycles. The van der Waals surface area contributed by atoms with E-state index in [0.29, 0.717) is 31.6 Å². The van der Waals surface area contributed by atoms with Crippen LogP contribution in [0.1, 0.15) is 24.0 Å². The van der Waals surface area contributed by atoms with Gasteiger partial charge in [-0.3, -0.25) is 4.79 Å². The van der Waals surface area contributed by atoms with E-state index < -0.39 is 17.2 Å². The van der Waals surface area contributed by atoms with Crippen molar-refractivity contribution in [2.75, 3.05) is 25.1 Å². The molecule has 1 aromatic carbocycles. The molecule has 0 bridgehead atoms. The molecule has 7 heteroatoms. The summed E-state index contributed by atoms with van der Waals surface area (Å²) < 4.78 is 43.6. The van der Waals surface area contributed by atoms with Gasteiger partial charge in [0.25, 0.3) is 0 Å². The molecule has 1 amide bonds. The number of halogens is 3. The number of amides is 1. The highest BCUT2D eigenvalue weighted by molar-refractivity contribution is 5.96. The molecule has 0 aliphatic carbocycles. The van der Waals surface area contributed by atoms with Crippen molar-refractivity contribution >= 4 is 11.6 Å². The van der Waals surface area contributed by atoms with Gasteiger partial charge < -0.3 is 15.8 Å². The van der Waals surface area contributed by atoms with Gasteiger partial charge in [0.05, 0.1) is 11.0 Å². The highest BCUT2D eigenvalue weighted by Gasteiger charge is 2.39. The maximum Gasteiger partial charge on any atom is 0.416 e. The standard InChI is InChI=1S/C15H19F3N2O2/c1-10-2-3-11(15(16,17)18)8-12(10)20-13(21)14(9-19)4-6-22-7-5-14/h2-3,8H,4-7,9,19H2,1H3,(H,20,21). The van der Waals surface area contributed by atoms with Gasteiger partial charge >= 0.3 is 6.18 Å². The number of hydrogen-bond acceptors (Lipinski definition) is 3. The number of nitrogens with two attached hydrogens (primary N) is 1. The Labute approximate surface area is 126 Å². The predicted octanol–water partition coefficient (Wildman–Crippen LogP) is 2.71. The molecule has 122 valence electrons. The molecule has 1 aromatic rings. The average molecular weight is 316 g/mol. The highest BCUT2D eigenvalue weighted by Crippen LogP contribution is 2.34. The second-order valence-electron chi connectivity index (χ2n) is 5.58. The van der Waals surface area contributed by atoms with Crippen LogP contribution >= 0.6 is 0 Å². The van der Waals surface area contributed by atoms with Gasteiger partial charge in [-0.15, -0.1) is 0 Å². The number of carbonyl (C=O) groups excluding carboxylic acids is 1. The van der Waals surface area contributed by atoms with Crippen molar-refractivity contribution < 1.29 is 22.7 Å². The molecule has 3 N–H and O–H groups in total. The number of aryl methyl sites for hydroxylation is 1. The third-order valence-corrected chi connectivity index (χ3v) is 4.14. The van der Waals surface area contributed by atoms with Gasteiger partial charge in [0.2, 0.25) is 5.91 Å². The quantitative estimate of drug-likeness (QED) is 0.901. The monoisotopic (exact) mass is 316 g/mol. The van der Waals surface area contributed by atoms with Crippen LogP contribution in [0.15, 0.2) is 18.2 Å². The highest BCUT2D eigenvalue weighted by atomic mass is 19.4. The van der Waals surface area contributed by atoms with E-state index in [1.165, 1.54) is 6.07 Å². The molecule has 0 atom stereocenters. The Morgan fingerprint density at radius 3 is 2.55 bits per heavy atom. The van der Waals surface area contributed by atoms with Crippen molar-refractivity contribution in [1.82, 2.24) is 0 Å². The van der Waals surface area contributed by atoms with Crippen molar-refractivity contribution in [3.05, 3.63) is 29.3 Å². The summed E-state index contributed by atoms with van der Waals surface area (Å²) >= 11 is 0. The summed E-state index contributed by atoms with van der Waals surface area (Å²) in [6.07, 6.45) is -3.52. The summed E-state index contributed by atoms with van der Waals surface area (Å²) in [6.45, 7) is 2.63. The minimum Gasteiger partial charge on any atom is -0.381 e. The SMILES string of the molecule is Cc1ccc(C(F)(F)F)cc1NC(=O)C1(CN)CCOCC1. The predicted molar refractivity (Wildman–Crippen MR) is 76.4 cm³/mol. The van der Waals surface area contributed by atoms with Gasteiger partial charge in [-0.1, -0.05) is 6.07 Å². The minimum absolute atomic E-state index is 0.139. The maximum absolute atomic E-state index is 12.8. The van der Waals surface area contributed by atoms with E-state index in [1.54, 1.807) is 6.92 Å². The maximum atomic E-state index is 12.8. The number of anilines is 1. The molecule has 0 aromatic heterocycles. The Bertz CT molecular complexity index is 552. The summed E-state index contributed by atoms with van der Waals surface area (Å²) in [7, 11) is 0. The molecule has 0 saturated carbocycles. The van der Waals surface area contributed by atoms with Crippen LogP contribution in [0, 0.1) is 12.3 Å². The molecule has 2 rings (SSSR count). The number of hydrogen-bond donors (Lipinski definition) is 2. The van der Waals surface area contributed by atoms with Crippen molar-refractivity contribution in [2.45, 2.75) is 25.9 Å². The van der Waals surface area contributed by atoms with Gasteiger partial charge in [0.1, 0.15) is 0 Å². The lowest BCUT2D eigenvalue weighted by molar-refractivity contribution is -0.137. The molecule has 0 radical (unpaired) electrons. The van der Waals surface area contributed by atoms with Crippen molar-refractivity contribution in [1.29, 1.82) is 0 Å². The summed E-state index contributed by atoms with van der Waals surface area (Å²) in [6, 6.07) is 3.30. The second-order valence-corrected chi connectivity index (χ2v) is 5.58. The fourth-order valence-electron chi connectivity index (χ4n) is 2.47. The lowest BCUT2D eigenvalue weighted by Crippen LogP contribution is -2.46. The summed E-state index contributed by atoms with van der Waals surface area (Å²) in [5.41, 5.74) is 4.90. The molecule has 22 heavy (non-hydrogen) atoms. The van der Waals surface area contributed by atoms with Crippen LogP contribution in [0.4, 0.5) is 18.9 Å². The fraction of sp³-hybridized carbons (Fsp3) is 0.533. The minimum atomic E-state index is -4.45. The first-order valence-corrected chi connectivity index (χ1v) is 7.06. The molecule has 0 spiro atoms. The van der Waals surface area contributed by atoms with Crippen molar-refractivity contribution in [2.24, 2.45) is 11.1 Å². The number of carbonyl (C=O) groups is 1. The first-order chi connectivity index (χ1) is 10.3. The Hall–Kier alpha value is -1.60. The van der Waals surface area contributed by atoms with Crippen LogP contribution < -0.4 is 11.1 Å². The Balaban J connectivity index is 2.24. The van der Waals surface area contributed by atoms with Crippen molar-refractivity contribution in [3.63, 3.8) is 0 Å². The molecular formula is C15H19F3N2O2. The zero-order valence-electron chi connectivity index (χ0n) is 12.3. The van der Waals surface area contributed by atoms with Crippen LogP contribution in [-0.2, 0) is 15.7 Å². The summed E-state index contributed by atoms with van der Waals surface area (Å²) in [5, 5.41) is 2.61. The van der Waals surface area contributed by atoms with E-state index in [0.717, 1.165) is 12.1 Å². The number of ether oxygens (including phenoxy) is 1. The van der Waals surface area contributed by atoms with E-state index in [9.17, 15) is 18.0 Å². The zero-order valence-corrected chi connectivity index (χ0v) is 12.3. The van der Waals surface area contributed by atoms with Gasteiger partial charge in [0, 0.05) is 25.4 Å². The van der Waals surface area contributed by atoms with Crippen LogP contribution in [0.3, 0.4) is 0 Å². The third kappa shape index (κ3) is 3.41. The molecule has 1 saturated heterocycles. The first kappa shape index (κ1) is 16.8. The van der Waals surface area contributed by atoms with E-state index in [-0.39, 0.29) is 18.1 Å². The number of benzene rings is 1. The largest absolute Gasteiger partial charge is 0.416 e. The summed E-state index contributed by atoms with van der Waals surface area (Å²) in [4.78, 5) is 12.5. The summed E-state index contributed by atoms with van der Waals surface area (Å²) in [5.74, 6) is -0.347. The topological polar surface area (TPSA) is 64.4 Å². The smallest absolute Gasteiger partial charge is 0.381 e.